The van der Waals surface area contributed by atoms with E-state index in [0.29, 0.717) is 10.4 Å². The molecule has 0 aromatic heterocycles. The van der Waals surface area contributed by atoms with Crippen LogP contribution >= 0.6 is 27.7 Å². The molecule has 0 amide bonds. The van der Waals surface area contributed by atoms with E-state index in [1.807, 2.05) is 6.07 Å². The number of hydrogen-bond acceptors (Lipinski definition) is 5. The van der Waals surface area contributed by atoms with Crippen LogP contribution in [0.25, 0.3) is 0 Å². The Bertz CT molecular complexity index is 577. The molecule has 3 rings (SSSR count). The molecular formula is C13H15BrN2O3S. The summed E-state index contributed by atoms with van der Waals surface area (Å²) in [7, 11) is 0. The van der Waals surface area contributed by atoms with Gasteiger partial charge in [0.05, 0.1) is 11.3 Å². The van der Waals surface area contributed by atoms with Crippen molar-refractivity contribution in [1.29, 1.82) is 0 Å². The lowest BCUT2D eigenvalue weighted by atomic mass is 10.0. The number of halogens is 1. The summed E-state index contributed by atoms with van der Waals surface area (Å²) in [5.41, 5.74) is 1.11. The van der Waals surface area contributed by atoms with E-state index in [-0.39, 0.29) is 17.2 Å². The number of aromatic carboxylic acids is 1. The number of fused-ring (bicyclic) bond motifs is 1. The molecule has 108 valence electrons. The van der Waals surface area contributed by atoms with Crippen molar-refractivity contribution in [3.8, 4) is 0 Å². The van der Waals surface area contributed by atoms with Crippen LogP contribution in [0.1, 0.15) is 17.3 Å². The lowest BCUT2D eigenvalue weighted by Gasteiger charge is -2.48. The molecule has 0 radical (unpaired) electrons. The monoisotopic (exact) mass is 358 g/mol. The van der Waals surface area contributed by atoms with Crippen LogP contribution in [0.2, 0.25) is 0 Å². The predicted octanol–water partition coefficient (Wildman–Crippen LogP) is 2.26. The third-order valence-corrected chi connectivity index (χ3v) is 5.77. The molecule has 0 bridgehead atoms. The molecule has 2 heterocycles. The molecule has 3 N–H and O–H groups in total. The molecule has 1 aromatic carbocycles. The number of benzene rings is 1. The van der Waals surface area contributed by atoms with E-state index in [2.05, 4.69) is 33.1 Å². The van der Waals surface area contributed by atoms with E-state index in [9.17, 15) is 4.79 Å². The Labute approximate surface area is 129 Å². The number of hydrogen-bond donors (Lipinski definition) is 3. The first-order valence-corrected chi connectivity index (χ1v) is 7.94. The van der Waals surface area contributed by atoms with Crippen molar-refractivity contribution in [3.63, 3.8) is 0 Å². The Morgan fingerprint density at radius 3 is 2.90 bits per heavy atom. The van der Waals surface area contributed by atoms with Crippen LogP contribution in [0.5, 0.6) is 0 Å². The molecule has 0 spiro atoms. The number of likely N-dealkylation sites (tertiary alicyclic amines) is 1. The fraction of sp³-hybridized carbons (Fsp3) is 0.462. The standard InChI is InChI=1S/C13H15BrN2O3S/c1-13(16-4-7(5-16)6-17)15-10-2-8(12(18)19)9(14)3-11(10)20-13/h2-3,7,15,17H,4-6H2,1H3,(H,18,19). The summed E-state index contributed by atoms with van der Waals surface area (Å²) in [6.07, 6.45) is 0. The predicted molar refractivity (Wildman–Crippen MR) is 81.1 cm³/mol. The Hall–Kier alpha value is -0.760. The number of aliphatic hydroxyl groups excluding tert-OH is 1. The number of carbonyl (C=O) groups is 1. The summed E-state index contributed by atoms with van der Waals surface area (Å²) in [6, 6.07) is 3.52. The summed E-state index contributed by atoms with van der Waals surface area (Å²) in [4.78, 5) is 14.2. The topological polar surface area (TPSA) is 72.8 Å². The fourth-order valence-electron chi connectivity index (χ4n) is 2.57. The van der Waals surface area contributed by atoms with Gasteiger partial charge in [-0.2, -0.15) is 0 Å². The number of rotatable bonds is 3. The van der Waals surface area contributed by atoms with Crippen LogP contribution in [0, 0.1) is 5.92 Å². The zero-order chi connectivity index (χ0) is 14.5. The molecule has 1 atom stereocenters. The minimum absolute atomic E-state index is 0.221. The molecule has 2 aliphatic rings. The summed E-state index contributed by atoms with van der Waals surface area (Å²) in [6.45, 7) is 4.01. The van der Waals surface area contributed by atoms with Gasteiger partial charge in [0.2, 0.25) is 0 Å². The van der Waals surface area contributed by atoms with Crippen LogP contribution in [-0.4, -0.2) is 45.8 Å². The Morgan fingerprint density at radius 1 is 1.60 bits per heavy atom. The van der Waals surface area contributed by atoms with Gasteiger partial charge in [0.15, 0.2) is 0 Å². The van der Waals surface area contributed by atoms with Gasteiger partial charge in [0.25, 0.3) is 0 Å². The van der Waals surface area contributed by atoms with Crippen molar-refractivity contribution < 1.29 is 15.0 Å². The van der Waals surface area contributed by atoms with E-state index in [4.69, 9.17) is 10.2 Å². The minimum Gasteiger partial charge on any atom is -0.478 e. The quantitative estimate of drug-likeness (QED) is 0.769. The van der Waals surface area contributed by atoms with Gasteiger partial charge < -0.3 is 15.5 Å². The van der Waals surface area contributed by atoms with E-state index >= 15 is 0 Å². The normalized spacial score (nSPS) is 25.9. The SMILES string of the molecule is CC1(N2CC(CO)C2)Nc2cc(C(=O)O)c(Br)cc2S1. The van der Waals surface area contributed by atoms with E-state index in [0.717, 1.165) is 23.7 Å². The second-order valence-electron chi connectivity index (χ2n) is 5.30. The number of nitrogens with zero attached hydrogens (tertiary/aromatic N) is 1. The maximum absolute atomic E-state index is 11.2. The second-order valence-corrected chi connectivity index (χ2v) is 7.59. The number of carboxylic acids is 1. The molecule has 1 fully saturated rings. The highest BCUT2D eigenvalue weighted by atomic mass is 79.9. The molecule has 1 saturated heterocycles. The first kappa shape index (κ1) is 14.2. The molecule has 0 saturated carbocycles. The Morgan fingerprint density at radius 2 is 2.30 bits per heavy atom. The average molecular weight is 359 g/mol. The van der Waals surface area contributed by atoms with Gasteiger partial charge in [-0.15, -0.1) is 0 Å². The molecule has 1 aromatic rings. The van der Waals surface area contributed by atoms with Gasteiger partial charge in [-0.1, -0.05) is 11.8 Å². The highest BCUT2D eigenvalue weighted by Crippen LogP contribution is 2.50. The number of carboxylic acid groups (broad SMARTS) is 1. The molecule has 1 unspecified atom stereocenters. The van der Waals surface area contributed by atoms with Gasteiger partial charge in [-0.3, -0.25) is 4.90 Å². The van der Waals surface area contributed by atoms with E-state index in [1.54, 1.807) is 17.8 Å². The van der Waals surface area contributed by atoms with Crippen molar-refractivity contribution >= 4 is 39.3 Å². The highest BCUT2D eigenvalue weighted by molar-refractivity contribution is 9.10. The summed E-state index contributed by atoms with van der Waals surface area (Å²) in [5, 5.41) is 21.7. The summed E-state index contributed by atoms with van der Waals surface area (Å²) in [5.74, 6) is -0.594. The number of anilines is 1. The van der Waals surface area contributed by atoms with Gasteiger partial charge >= 0.3 is 5.97 Å². The second kappa shape index (κ2) is 4.91. The Balaban J connectivity index is 1.83. The summed E-state index contributed by atoms with van der Waals surface area (Å²) >= 11 is 4.99. The maximum Gasteiger partial charge on any atom is 0.336 e. The van der Waals surface area contributed by atoms with Gasteiger partial charge in [-0.25, -0.2) is 4.79 Å². The molecule has 20 heavy (non-hydrogen) atoms. The number of aliphatic hydroxyl groups is 1. The fourth-order valence-corrected chi connectivity index (χ4v) is 4.50. The first-order chi connectivity index (χ1) is 9.43. The third-order valence-electron chi connectivity index (χ3n) is 3.79. The first-order valence-electron chi connectivity index (χ1n) is 6.33. The minimum atomic E-state index is -0.940. The van der Waals surface area contributed by atoms with Crippen LogP contribution in [0.4, 0.5) is 5.69 Å². The van der Waals surface area contributed by atoms with Crippen LogP contribution in [0.3, 0.4) is 0 Å². The zero-order valence-electron chi connectivity index (χ0n) is 10.9. The Kier molecular flexibility index (Phi) is 3.48. The van der Waals surface area contributed by atoms with Gasteiger partial charge in [-0.05, 0) is 35.0 Å². The highest BCUT2D eigenvalue weighted by Gasteiger charge is 2.44. The van der Waals surface area contributed by atoms with Crippen LogP contribution < -0.4 is 5.32 Å². The van der Waals surface area contributed by atoms with Crippen molar-refractivity contribution in [2.45, 2.75) is 16.8 Å². The van der Waals surface area contributed by atoms with E-state index < -0.39 is 5.97 Å². The van der Waals surface area contributed by atoms with Crippen LogP contribution in [-0.2, 0) is 0 Å². The molecule has 5 nitrogen and oxygen atoms in total. The van der Waals surface area contributed by atoms with Crippen molar-refractivity contribution in [3.05, 3.63) is 22.2 Å². The largest absolute Gasteiger partial charge is 0.478 e. The summed E-state index contributed by atoms with van der Waals surface area (Å²) < 4.78 is 0.596. The molecular weight excluding hydrogens is 344 g/mol. The van der Waals surface area contributed by atoms with Crippen molar-refractivity contribution in [1.82, 2.24) is 4.90 Å². The van der Waals surface area contributed by atoms with Gasteiger partial charge in [0, 0.05) is 35.0 Å². The molecule has 7 heteroatoms. The maximum atomic E-state index is 11.2. The average Bonchev–Trinajstić information content (AvgIpc) is 2.62. The molecule has 0 aliphatic carbocycles. The lowest BCUT2D eigenvalue weighted by Crippen LogP contribution is -2.60. The lowest BCUT2D eigenvalue weighted by molar-refractivity contribution is 0.0223. The number of thioether (sulfide) groups is 1. The van der Waals surface area contributed by atoms with Crippen LogP contribution in [0.15, 0.2) is 21.5 Å². The smallest absolute Gasteiger partial charge is 0.336 e. The van der Waals surface area contributed by atoms with Gasteiger partial charge in [0.1, 0.15) is 4.99 Å². The van der Waals surface area contributed by atoms with Crippen molar-refractivity contribution in [2.75, 3.05) is 25.0 Å². The zero-order valence-corrected chi connectivity index (χ0v) is 13.3. The molecule has 2 aliphatic heterocycles. The third kappa shape index (κ3) is 2.22. The van der Waals surface area contributed by atoms with E-state index in [1.165, 1.54) is 0 Å². The number of nitrogens with one attached hydrogen (secondary N) is 1. The van der Waals surface area contributed by atoms with Crippen molar-refractivity contribution in [2.24, 2.45) is 5.92 Å².